The van der Waals surface area contributed by atoms with Crippen LogP contribution in [0.3, 0.4) is 0 Å². The van der Waals surface area contributed by atoms with Gasteiger partial charge in [0.25, 0.3) is 0 Å². The molecule has 96 valence electrons. The van der Waals surface area contributed by atoms with E-state index in [-0.39, 0.29) is 37.1 Å². The standard InChI is InChI=1S/C12H14N2O4/c1-8(14-10(15)4-5-11(14)16)12(17)13-7-9-3-2-6-18-9/h2-3,6,8H,4-5,7H2,1H3,(H,13,17)/t8-/m0/s1. The van der Waals surface area contributed by atoms with Gasteiger partial charge in [-0.1, -0.05) is 0 Å². The van der Waals surface area contributed by atoms with Crippen LogP contribution in [0.2, 0.25) is 0 Å². The molecule has 2 rings (SSSR count). The Kier molecular flexibility index (Phi) is 3.45. The highest BCUT2D eigenvalue weighted by atomic mass is 16.3. The Balaban J connectivity index is 1.92. The number of hydrogen-bond donors (Lipinski definition) is 1. The SMILES string of the molecule is C[C@@H](C(=O)NCc1ccco1)N1C(=O)CCC1=O. The lowest BCUT2D eigenvalue weighted by molar-refractivity contribution is -0.146. The molecule has 1 saturated heterocycles. The average Bonchev–Trinajstić information content (AvgIpc) is 2.96. The van der Waals surface area contributed by atoms with E-state index in [9.17, 15) is 14.4 Å². The van der Waals surface area contributed by atoms with Crippen molar-refractivity contribution in [2.75, 3.05) is 0 Å². The van der Waals surface area contributed by atoms with Crippen LogP contribution in [0.4, 0.5) is 0 Å². The van der Waals surface area contributed by atoms with Crippen molar-refractivity contribution in [1.29, 1.82) is 0 Å². The predicted molar refractivity (Wildman–Crippen MR) is 61.1 cm³/mol. The molecule has 0 spiro atoms. The maximum absolute atomic E-state index is 11.8. The monoisotopic (exact) mass is 250 g/mol. The minimum Gasteiger partial charge on any atom is -0.467 e. The molecule has 1 atom stereocenters. The van der Waals surface area contributed by atoms with Crippen LogP contribution in [0, 0.1) is 0 Å². The van der Waals surface area contributed by atoms with Crippen molar-refractivity contribution in [3.05, 3.63) is 24.2 Å². The van der Waals surface area contributed by atoms with E-state index in [1.165, 1.54) is 6.26 Å². The Morgan fingerprint density at radius 3 is 2.67 bits per heavy atom. The third kappa shape index (κ3) is 2.42. The zero-order chi connectivity index (χ0) is 13.1. The highest BCUT2D eigenvalue weighted by molar-refractivity contribution is 6.05. The van der Waals surface area contributed by atoms with Crippen LogP contribution in [0.15, 0.2) is 22.8 Å². The van der Waals surface area contributed by atoms with Gasteiger partial charge in [0.05, 0.1) is 12.8 Å². The second-order valence-corrected chi connectivity index (χ2v) is 4.13. The van der Waals surface area contributed by atoms with Crippen LogP contribution in [-0.4, -0.2) is 28.7 Å². The molecule has 2 heterocycles. The molecule has 0 aromatic carbocycles. The molecule has 0 saturated carbocycles. The first-order chi connectivity index (χ1) is 8.59. The number of amides is 3. The second-order valence-electron chi connectivity index (χ2n) is 4.13. The number of furan rings is 1. The molecule has 1 fully saturated rings. The maximum atomic E-state index is 11.8. The van der Waals surface area contributed by atoms with E-state index in [2.05, 4.69) is 5.32 Å². The van der Waals surface area contributed by atoms with Gasteiger partial charge in [0, 0.05) is 12.8 Å². The first kappa shape index (κ1) is 12.3. The van der Waals surface area contributed by atoms with Crippen LogP contribution in [-0.2, 0) is 20.9 Å². The van der Waals surface area contributed by atoms with Crippen molar-refractivity contribution in [3.63, 3.8) is 0 Å². The summed E-state index contributed by atoms with van der Waals surface area (Å²) < 4.78 is 5.07. The van der Waals surface area contributed by atoms with Crippen molar-refractivity contribution in [2.24, 2.45) is 0 Å². The van der Waals surface area contributed by atoms with E-state index in [4.69, 9.17) is 4.42 Å². The molecule has 1 aromatic rings. The molecule has 6 nitrogen and oxygen atoms in total. The van der Waals surface area contributed by atoms with Crippen LogP contribution in [0.1, 0.15) is 25.5 Å². The van der Waals surface area contributed by atoms with E-state index in [0.29, 0.717) is 5.76 Å². The average molecular weight is 250 g/mol. The fourth-order valence-electron chi connectivity index (χ4n) is 1.88. The first-order valence-corrected chi connectivity index (χ1v) is 5.74. The van der Waals surface area contributed by atoms with Gasteiger partial charge in [0.2, 0.25) is 17.7 Å². The number of carbonyl (C=O) groups is 3. The van der Waals surface area contributed by atoms with Gasteiger partial charge in [-0.05, 0) is 19.1 Å². The lowest BCUT2D eigenvalue weighted by Gasteiger charge is -2.21. The molecule has 18 heavy (non-hydrogen) atoms. The van der Waals surface area contributed by atoms with Gasteiger partial charge in [0.1, 0.15) is 11.8 Å². The fraction of sp³-hybridized carbons (Fsp3) is 0.417. The topological polar surface area (TPSA) is 79.6 Å². The van der Waals surface area contributed by atoms with Gasteiger partial charge in [-0.25, -0.2) is 0 Å². The molecule has 3 amide bonds. The summed E-state index contributed by atoms with van der Waals surface area (Å²) in [4.78, 5) is 35.8. The van der Waals surface area contributed by atoms with E-state index >= 15 is 0 Å². The molecule has 0 radical (unpaired) electrons. The minimum absolute atomic E-state index is 0.189. The Morgan fingerprint density at radius 1 is 1.44 bits per heavy atom. The number of imide groups is 1. The Morgan fingerprint density at radius 2 is 2.11 bits per heavy atom. The molecule has 1 aliphatic rings. The van der Waals surface area contributed by atoms with Crippen LogP contribution < -0.4 is 5.32 Å². The fourth-order valence-corrected chi connectivity index (χ4v) is 1.88. The largest absolute Gasteiger partial charge is 0.467 e. The zero-order valence-electron chi connectivity index (χ0n) is 10.0. The van der Waals surface area contributed by atoms with Gasteiger partial charge in [-0.15, -0.1) is 0 Å². The van der Waals surface area contributed by atoms with Gasteiger partial charge in [-0.2, -0.15) is 0 Å². The van der Waals surface area contributed by atoms with Crippen molar-refractivity contribution in [3.8, 4) is 0 Å². The third-order valence-corrected chi connectivity index (χ3v) is 2.87. The van der Waals surface area contributed by atoms with Crippen LogP contribution in [0.5, 0.6) is 0 Å². The summed E-state index contributed by atoms with van der Waals surface area (Å²) >= 11 is 0. The summed E-state index contributed by atoms with van der Waals surface area (Å²) in [5.41, 5.74) is 0. The number of nitrogens with one attached hydrogen (secondary N) is 1. The smallest absolute Gasteiger partial charge is 0.243 e. The molecule has 0 unspecified atom stereocenters. The highest BCUT2D eigenvalue weighted by Crippen LogP contribution is 2.15. The van der Waals surface area contributed by atoms with E-state index in [1.54, 1.807) is 19.1 Å². The third-order valence-electron chi connectivity index (χ3n) is 2.87. The molecule has 1 aliphatic heterocycles. The van der Waals surface area contributed by atoms with E-state index in [0.717, 1.165) is 4.90 Å². The van der Waals surface area contributed by atoms with Gasteiger partial charge in [0.15, 0.2) is 0 Å². The van der Waals surface area contributed by atoms with Gasteiger partial charge in [-0.3, -0.25) is 19.3 Å². The summed E-state index contributed by atoms with van der Waals surface area (Å²) in [6.07, 6.45) is 1.89. The van der Waals surface area contributed by atoms with Crippen molar-refractivity contribution < 1.29 is 18.8 Å². The molecule has 6 heteroatoms. The first-order valence-electron chi connectivity index (χ1n) is 5.74. The predicted octanol–water partition coefficient (Wildman–Crippen LogP) is 0.433. The summed E-state index contributed by atoms with van der Waals surface area (Å²) in [7, 11) is 0. The highest BCUT2D eigenvalue weighted by Gasteiger charge is 2.35. The van der Waals surface area contributed by atoms with Crippen molar-refractivity contribution in [1.82, 2.24) is 10.2 Å². The Hall–Kier alpha value is -2.11. The Bertz CT molecular complexity index is 450. The van der Waals surface area contributed by atoms with Gasteiger partial charge >= 0.3 is 0 Å². The van der Waals surface area contributed by atoms with E-state index < -0.39 is 6.04 Å². The normalized spacial score (nSPS) is 17.1. The zero-order valence-corrected chi connectivity index (χ0v) is 10.0. The Labute approximate surface area is 104 Å². The minimum atomic E-state index is -0.775. The number of carbonyl (C=O) groups excluding carboxylic acids is 3. The molecule has 1 aromatic heterocycles. The van der Waals surface area contributed by atoms with Gasteiger partial charge < -0.3 is 9.73 Å². The van der Waals surface area contributed by atoms with E-state index in [1.807, 2.05) is 0 Å². The summed E-state index contributed by atoms with van der Waals surface area (Å²) in [5, 5.41) is 2.62. The number of hydrogen-bond acceptors (Lipinski definition) is 4. The second kappa shape index (κ2) is 5.03. The van der Waals surface area contributed by atoms with Crippen LogP contribution in [0.25, 0.3) is 0 Å². The number of likely N-dealkylation sites (tertiary alicyclic amines) is 1. The molecular weight excluding hydrogens is 236 g/mol. The molecule has 0 bridgehead atoms. The molecule has 1 N–H and O–H groups in total. The lowest BCUT2D eigenvalue weighted by atomic mass is 10.2. The number of rotatable bonds is 4. The molecule has 0 aliphatic carbocycles. The summed E-state index contributed by atoms with van der Waals surface area (Å²) in [5.74, 6) is -0.328. The number of nitrogens with zero attached hydrogens (tertiary/aromatic N) is 1. The van der Waals surface area contributed by atoms with Crippen molar-refractivity contribution in [2.45, 2.75) is 32.4 Å². The summed E-state index contributed by atoms with van der Waals surface area (Å²) in [6, 6.07) is 2.68. The maximum Gasteiger partial charge on any atom is 0.243 e. The molecular formula is C12H14N2O4. The van der Waals surface area contributed by atoms with Crippen molar-refractivity contribution >= 4 is 17.7 Å². The summed E-state index contributed by atoms with van der Waals surface area (Å²) in [6.45, 7) is 1.78. The lowest BCUT2D eigenvalue weighted by Crippen LogP contribution is -2.47. The van der Waals surface area contributed by atoms with Crippen LogP contribution >= 0.6 is 0 Å². The quantitative estimate of drug-likeness (QED) is 0.786.